The molecule has 108 valence electrons. The van der Waals surface area contributed by atoms with E-state index in [0.29, 0.717) is 18.5 Å². The topological polar surface area (TPSA) is 52.5 Å². The molecule has 1 rings (SSSR count). The molecule has 0 fully saturated rings. The Hall–Kier alpha value is -1.11. The summed E-state index contributed by atoms with van der Waals surface area (Å²) in [5.41, 5.74) is -0.329. The van der Waals surface area contributed by atoms with Crippen molar-refractivity contribution < 1.29 is 23.4 Å². The van der Waals surface area contributed by atoms with Gasteiger partial charge in [0.15, 0.2) is 0 Å². The molecular weight excluding hydrogens is 259 g/mol. The highest BCUT2D eigenvalue weighted by atomic mass is 19.4. The van der Waals surface area contributed by atoms with Crippen LogP contribution >= 0.6 is 0 Å². The minimum atomic E-state index is -4.37. The average molecular weight is 277 g/mol. The maximum absolute atomic E-state index is 12.3. The largest absolute Gasteiger partial charge is 0.416 e. The molecule has 2 atom stereocenters. The van der Waals surface area contributed by atoms with Gasteiger partial charge >= 0.3 is 6.18 Å². The standard InChI is InChI=1S/C13H18F3NO2/c1-2-11(18)7-17-8-12(19)9-3-5-10(6-4-9)13(14,15)16/h3-6,11-12,17-19H,2,7-8H2,1H3. The summed E-state index contributed by atoms with van der Waals surface area (Å²) < 4.78 is 37.0. The highest BCUT2D eigenvalue weighted by Gasteiger charge is 2.30. The molecule has 0 aliphatic rings. The van der Waals surface area contributed by atoms with E-state index in [1.54, 1.807) is 0 Å². The van der Waals surface area contributed by atoms with Crippen molar-refractivity contribution in [1.82, 2.24) is 5.32 Å². The van der Waals surface area contributed by atoms with E-state index in [1.165, 1.54) is 12.1 Å². The highest BCUT2D eigenvalue weighted by Crippen LogP contribution is 2.29. The van der Waals surface area contributed by atoms with E-state index in [-0.39, 0.29) is 6.54 Å². The normalized spacial score (nSPS) is 15.3. The van der Waals surface area contributed by atoms with Crippen LogP contribution < -0.4 is 5.32 Å². The molecule has 0 bridgehead atoms. The highest BCUT2D eigenvalue weighted by molar-refractivity contribution is 5.26. The van der Waals surface area contributed by atoms with Crippen LogP contribution in [0.1, 0.15) is 30.6 Å². The second-order valence-corrected chi connectivity index (χ2v) is 4.36. The molecule has 0 saturated heterocycles. The van der Waals surface area contributed by atoms with E-state index in [1.807, 2.05) is 6.92 Å². The maximum Gasteiger partial charge on any atom is 0.416 e. The van der Waals surface area contributed by atoms with Crippen molar-refractivity contribution in [2.75, 3.05) is 13.1 Å². The number of hydrogen-bond donors (Lipinski definition) is 3. The van der Waals surface area contributed by atoms with Gasteiger partial charge in [0.2, 0.25) is 0 Å². The third kappa shape index (κ3) is 5.18. The Morgan fingerprint density at radius 3 is 2.16 bits per heavy atom. The summed E-state index contributed by atoms with van der Waals surface area (Å²) in [6, 6.07) is 4.40. The Morgan fingerprint density at radius 1 is 1.11 bits per heavy atom. The predicted molar refractivity (Wildman–Crippen MR) is 65.6 cm³/mol. The van der Waals surface area contributed by atoms with E-state index in [9.17, 15) is 23.4 Å². The van der Waals surface area contributed by atoms with Crippen LogP contribution in [0.5, 0.6) is 0 Å². The molecule has 3 nitrogen and oxygen atoms in total. The van der Waals surface area contributed by atoms with Gasteiger partial charge in [-0.25, -0.2) is 0 Å². The number of alkyl halides is 3. The lowest BCUT2D eigenvalue weighted by Crippen LogP contribution is -2.29. The number of benzene rings is 1. The molecule has 3 N–H and O–H groups in total. The van der Waals surface area contributed by atoms with Gasteiger partial charge in [-0.15, -0.1) is 0 Å². The number of aliphatic hydroxyl groups is 2. The van der Waals surface area contributed by atoms with Crippen molar-refractivity contribution in [1.29, 1.82) is 0 Å². The molecule has 19 heavy (non-hydrogen) atoms. The van der Waals surface area contributed by atoms with E-state index in [0.717, 1.165) is 12.1 Å². The minimum Gasteiger partial charge on any atom is -0.392 e. The zero-order chi connectivity index (χ0) is 14.5. The van der Waals surface area contributed by atoms with Gasteiger partial charge in [-0.3, -0.25) is 0 Å². The smallest absolute Gasteiger partial charge is 0.392 e. The number of halogens is 3. The molecule has 6 heteroatoms. The van der Waals surface area contributed by atoms with Crippen LogP contribution in [0, 0.1) is 0 Å². The summed E-state index contributed by atoms with van der Waals surface area (Å²) >= 11 is 0. The molecule has 0 saturated carbocycles. The quantitative estimate of drug-likeness (QED) is 0.746. The summed E-state index contributed by atoms with van der Waals surface area (Å²) in [6.07, 6.45) is -5.15. The second-order valence-electron chi connectivity index (χ2n) is 4.36. The van der Waals surface area contributed by atoms with E-state index in [2.05, 4.69) is 5.32 Å². The third-order valence-electron chi connectivity index (χ3n) is 2.81. The first-order valence-electron chi connectivity index (χ1n) is 6.08. The summed E-state index contributed by atoms with van der Waals surface area (Å²) in [7, 11) is 0. The summed E-state index contributed by atoms with van der Waals surface area (Å²) in [5, 5.41) is 21.9. The lowest BCUT2D eigenvalue weighted by atomic mass is 10.1. The van der Waals surface area contributed by atoms with E-state index >= 15 is 0 Å². The van der Waals surface area contributed by atoms with Crippen molar-refractivity contribution in [2.24, 2.45) is 0 Å². The Labute approximate surface area is 110 Å². The van der Waals surface area contributed by atoms with Gasteiger partial charge in [0, 0.05) is 13.1 Å². The summed E-state index contributed by atoms with van der Waals surface area (Å²) in [6.45, 7) is 2.36. The third-order valence-corrected chi connectivity index (χ3v) is 2.81. The Bertz CT molecular complexity index is 378. The SMILES string of the molecule is CCC(O)CNCC(O)c1ccc(C(F)(F)F)cc1. The van der Waals surface area contributed by atoms with Crippen molar-refractivity contribution in [3.05, 3.63) is 35.4 Å². The summed E-state index contributed by atoms with van der Waals surface area (Å²) in [5.74, 6) is 0. The molecule has 2 unspecified atom stereocenters. The van der Waals surface area contributed by atoms with Crippen molar-refractivity contribution in [2.45, 2.75) is 31.7 Å². The number of aliphatic hydroxyl groups excluding tert-OH is 2. The molecule has 0 aliphatic carbocycles. The molecular formula is C13H18F3NO2. The van der Waals surface area contributed by atoms with Crippen molar-refractivity contribution >= 4 is 0 Å². The molecule has 0 amide bonds. The fourth-order valence-corrected chi connectivity index (χ4v) is 1.54. The van der Waals surface area contributed by atoms with Crippen LogP contribution in [-0.2, 0) is 6.18 Å². The Kier molecular flexibility index (Phi) is 5.78. The average Bonchev–Trinajstić information content (AvgIpc) is 2.37. The van der Waals surface area contributed by atoms with Gasteiger partial charge in [0.25, 0.3) is 0 Å². The van der Waals surface area contributed by atoms with Gasteiger partial charge in [-0.1, -0.05) is 19.1 Å². The lowest BCUT2D eigenvalue weighted by molar-refractivity contribution is -0.137. The molecule has 0 aromatic heterocycles. The van der Waals surface area contributed by atoms with Crippen LogP contribution in [-0.4, -0.2) is 29.4 Å². The van der Waals surface area contributed by atoms with Gasteiger partial charge in [-0.05, 0) is 24.1 Å². The zero-order valence-electron chi connectivity index (χ0n) is 10.6. The first-order valence-corrected chi connectivity index (χ1v) is 6.08. The second kappa shape index (κ2) is 6.88. The fourth-order valence-electron chi connectivity index (χ4n) is 1.54. The van der Waals surface area contributed by atoms with Crippen LogP contribution in [0.4, 0.5) is 13.2 Å². The number of hydrogen-bond acceptors (Lipinski definition) is 3. The van der Waals surface area contributed by atoms with Crippen LogP contribution in [0.15, 0.2) is 24.3 Å². The molecule has 0 aliphatic heterocycles. The molecule has 0 radical (unpaired) electrons. The molecule has 0 heterocycles. The van der Waals surface area contributed by atoms with Crippen molar-refractivity contribution in [3.63, 3.8) is 0 Å². The lowest BCUT2D eigenvalue weighted by Gasteiger charge is -2.15. The predicted octanol–water partition coefficient (Wildman–Crippen LogP) is 2.10. The molecule has 1 aromatic rings. The van der Waals surface area contributed by atoms with Gasteiger partial charge in [0.05, 0.1) is 17.8 Å². The van der Waals surface area contributed by atoms with Gasteiger partial charge < -0.3 is 15.5 Å². The maximum atomic E-state index is 12.3. The van der Waals surface area contributed by atoms with Gasteiger partial charge in [0.1, 0.15) is 0 Å². The Balaban J connectivity index is 2.51. The number of nitrogens with one attached hydrogen (secondary N) is 1. The molecule has 0 spiro atoms. The van der Waals surface area contributed by atoms with E-state index < -0.39 is 23.9 Å². The molecule has 1 aromatic carbocycles. The van der Waals surface area contributed by atoms with E-state index in [4.69, 9.17) is 0 Å². The minimum absolute atomic E-state index is 0.183. The first-order chi connectivity index (χ1) is 8.84. The zero-order valence-corrected chi connectivity index (χ0v) is 10.6. The number of rotatable bonds is 6. The Morgan fingerprint density at radius 2 is 1.68 bits per heavy atom. The van der Waals surface area contributed by atoms with Crippen LogP contribution in [0.2, 0.25) is 0 Å². The van der Waals surface area contributed by atoms with Crippen LogP contribution in [0.25, 0.3) is 0 Å². The fraction of sp³-hybridized carbons (Fsp3) is 0.538. The first kappa shape index (κ1) is 15.9. The monoisotopic (exact) mass is 277 g/mol. The van der Waals surface area contributed by atoms with Gasteiger partial charge in [-0.2, -0.15) is 13.2 Å². The van der Waals surface area contributed by atoms with Crippen LogP contribution in [0.3, 0.4) is 0 Å². The summed E-state index contributed by atoms with van der Waals surface area (Å²) in [4.78, 5) is 0. The van der Waals surface area contributed by atoms with Crippen molar-refractivity contribution in [3.8, 4) is 0 Å².